The molecule has 2 heterocycles. The van der Waals surface area contributed by atoms with Crippen LogP contribution in [0.2, 0.25) is 0 Å². The van der Waals surface area contributed by atoms with Gasteiger partial charge in [-0.15, -0.1) is 0 Å². The van der Waals surface area contributed by atoms with Crippen molar-refractivity contribution in [3.05, 3.63) is 126 Å². The van der Waals surface area contributed by atoms with E-state index in [0.717, 1.165) is 29.2 Å². The summed E-state index contributed by atoms with van der Waals surface area (Å²) in [5.74, 6) is 0.346. The molecule has 0 atom stereocenters. The quantitative estimate of drug-likeness (QED) is 0.155. The van der Waals surface area contributed by atoms with Crippen LogP contribution >= 0.6 is 11.5 Å². The van der Waals surface area contributed by atoms with Crippen LogP contribution in [0.25, 0.3) is 10.6 Å². The highest BCUT2D eigenvalue weighted by Crippen LogP contribution is 2.29. The van der Waals surface area contributed by atoms with E-state index in [9.17, 15) is 9.59 Å². The Hall–Kier alpha value is -5.09. The topological polar surface area (TPSA) is 120 Å². The van der Waals surface area contributed by atoms with E-state index in [0.29, 0.717) is 30.2 Å². The first kappa shape index (κ1) is 28.4. The molecule has 212 valence electrons. The van der Waals surface area contributed by atoms with Crippen LogP contribution in [-0.2, 0) is 6.42 Å². The van der Waals surface area contributed by atoms with Gasteiger partial charge in [0.05, 0.1) is 0 Å². The number of carboxylic acid groups (broad SMARTS) is 1. The number of nitrogens with zero attached hydrogens (tertiary/aromatic N) is 4. The first-order valence-corrected chi connectivity index (χ1v) is 14.3. The average Bonchev–Trinajstić information content (AvgIpc) is 3.48. The molecule has 42 heavy (non-hydrogen) atoms. The van der Waals surface area contributed by atoms with E-state index in [1.807, 2.05) is 54.6 Å². The molecule has 0 aliphatic heterocycles. The Kier molecular flexibility index (Phi) is 9.48. The molecule has 0 aliphatic rings. The first-order chi connectivity index (χ1) is 20.5. The summed E-state index contributed by atoms with van der Waals surface area (Å²) in [5, 5.41) is 14.7. The third kappa shape index (κ3) is 7.76. The molecule has 0 bridgehead atoms. The van der Waals surface area contributed by atoms with E-state index in [4.69, 9.17) is 5.11 Å². The Morgan fingerprint density at radius 2 is 1.48 bits per heavy atom. The zero-order valence-corrected chi connectivity index (χ0v) is 23.6. The summed E-state index contributed by atoms with van der Waals surface area (Å²) in [4.78, 5) is 35.1. The molecule has 0 radical (unpaired) electrons. The number of aromatic nitrogens is 3. The van der Waals surface area contributed by atoms with Gasteiger partial charge in [0, 0.05) is 48.6 Å². The molecule has 9 nitrogen and oxygen atoms in total. The van der Waals surface area contributed by atoms with Gasteiger partial charge in [0.2, 0.25) is 5.95 Å². The van der Waals surface area contributed by atoms with E-state index in [-0.39, 0.29) is 17.9 Å². The highest BCUT2D eigenvalue weighted by atomic mass is 32.1. The maximum atomic E-state index is 13.6. The fourth-order valence-corrected chi connectivity index (χ4v) is 5.31. The number of anilines is 2. The lowest BCUT2D eigenvalue weighted by Gasteiger charge is -2.26. The van der Waals surface area contributed by atoms with Crippen LogP contribution in [0.5, 0.6) is 0 Å². The molecular weight excluding hydrogens is 548 g/mol. The summed E-state index contributed by atoms with van der Waals surface area (Å²) < 4.78 is 4.34. The zero-order chi connectivity index (χ0) is 29.1. The highest BCUT2D eigenvalue weighted by molar-refractivity contribution is 7.09. The number of hydrogen-bond donors (Lipinski definition) is 3. The Bertz CT molecular complexity index is 1540. The molecule has 5 rings (SSSR count). The van der Waals surface area contributed by atoms with Gasteiger partial charge >= 0.3 is 12.1 Å². The van der Waals surface area contributed by atoms with Gasteiger partial charge in [-0.25, -0.2) is 9.59 Å². The molecule has 3 amide bonds. The number of amides is 3. The van der Waals surface area contributed by atoms with Crippen LogP contribution in [0.4, 0.5) is 21.2 Å². The fraction of sp³-hybridized carbons (Fsp3) is 0.156. The monoisotopic (exact) mass is 578 g/mol. The van der Waals surface area contributed by atoms with Crippen molar-refractivity contribution in [1.29, 1.82) is 0 Å². The Balaban J connectivity index is 1.31. The van der Waals surface area contributed by atoms with Crippen LogP contribution < -0.4 is 10.6 Å². The van der Waals surface area contributed by atoms with Crippen molar-refractivity contribution >= 4 is 35.3 Å². The molecular formula is C32H30N6O3S. The van der Waals surface area contributed by atoms with E-state index in [2.05, 4.69) is 49.2 Å². The molecule has 0 unspecified atom stereocenters. The Morgan fingerprint density at radius 1 is 0.810 bits per heavy atom. The predicted octanol–water partition coefficient (Wildman–Crippen LogP) is 6.99. The van der Waals surface area contributed by atoms with Gasteiger partial charge in [-0.05, 0) is 65.5 Å². The minimum absolute atomic E-state index is 0.125. The van der Waals surface area contributed by atoms with Gasteiger partial charge in [0.25, 0.3) is 0 Å². The number of rotatable bonds is 11. The van der Waals surface area contributed by atoms with Crippen molar-refractivity contribution in [2.75, 3.05) is 23.7 Å². The van der Waals surface area contributed by atoms with Crippen LogP contribution in [0, 0.1) is 0 Å². The van der Waals surface area contributed by atoms with Gasteiger partial charge in [0.15, 0.2) is 0 Å². The zero-order valence-electron chi connectivity index (χ0n) is 22.8. The van der Waals surface area contributed by atoms with E-state index in [1.54, 1.807) is 35.4 Å². The maximum Gasteiger partial charge on any atom is 0.409 e. The Morgan fingerprint density at radius 3 is 2.10 bits per heavy atom. The number of pyridine rings is 1. The second-order valence-electron chi connectivity index (χ2n) is 9.58. The second-order valence-corrected chi connectivity index (χ2v) is 10.3. The normalized spacial score (nSPS) is 10.8. The lowest BCUT2D eigenvalue weighted by Crippen LogP contribution is -2.38. The van der Waals surface area contributed by atoms with Crippen molar-refractivity contribution in [2.45, 2.75) is 18.8 Å². The van der Waals surface area contributed by atoms with Crippen molar-refractivity contribution in [1.82, 2.24) is 19.2 Å². The van der Waals surface area contributed by atoms with Crippen molar-refractivity contribution < 1.29 is 14.7 Å². The van der Waals surface area contributed by atoms with Crippen LogP contribution in [-0.4, -0.2) is 49.6 Å². The van der Waals surface area contributed by atoms with Gasteiger partial charge in [-0.3, -0.25) is 15.6 Å². The molecule has 3 aromatic carbocycles. The molecule has 0 saturated heterocycles. The molecule has 0 spiro atoms. The van der Waals surface area contributed by atoms with Crippen molar-refractivity contribution in [3.63, 3.8) is 0 Å². The largest absolute Gasteiger partial charge is 0.465 e. The number of carbonyl (C=O) groups is 2. The summed E-state index contributed by atoms with van der Waals surface area (Å²) >= 11 is 1.16. The molecule has 3 N–H and O–H groups in total. The second kappa shape index (κ2) is 14.0. The van der Waals surface area contributed by atoms with E-state index in [1.165, 1.54) is 11.1 Å². The van der Waals surface area contributed by atoms with Crippen LogP contribution in [0.1, 0.15) is 29.2 Å². The summed E-state index contributed by atoms with van der Waals surface area (Å²) in [5.41, 5.74) is 4.53. The van der Waals surface area contributed by atoms with Gasteiger partial charge < -0.3 is 10.0 Å². The highest BCUT2D eigenvalue weighted by Gasteiger charge is 2.21. The first-order valence-electron chi connectivity index (χ1n) is 13.5. The molecule has 2 aromatic heterocycles. The number of nitrogens with one attached hydrogen (secondary N) is 2. The number of carbonyl (C=O) groups excluding carboxylic acids is 1. The summed E-state index contributed by atoms with van der Waals surface area (Å²) in [6.45, 7) is 0.996. The minimum Gasteiger partial charge on any atom is -0.465 e. The van der Waals surface area contributed by atoms with Crippen molar-refractivity contribution in [3.8, 4) is 10.6 Å². The van der Waals surface area contributed by atoms with E-state index < -0.39 is 6.09 Å². The van der Waals surface area contributed by atoms with E-state index >= 15 is 0 Å². The predicted molar refractivity (Wildman–Crippen MR) is 165 cm³/mol. The summed E-state index contributed by atoms with van der Waals surface area (Å²) in [6.07, 6.45) is 1.97. The average molecular weight is 579 g/mol. The molecule has 10 heteroatoms. The van der Waals surface area contributed by atoms with Crippen LogP contribution in [0.3, 0.4) is 0 Å². The lowest BCUT2D eigenvalue weighted by atomic mass is 9.88. The number of urea groups is 1. The molecule has 0 aliphatic carbocycles. The lowest BCUT2D eigenvalue weighted by molar-refractivity contribution is 0.209. The SMILES string of the molecule is O=C(O)Nc1ccc(-c2nc(NC(=O)N(CCc3ccccn3)CCC(c3ccccc3)c3ccccc3)ns2)cc1. The molecule has 5 aromatic rings. The van der Waals surface area contributed by atoms with Crippen LogP contribution in [0.15, 0.2) is 109 Å². The standard InChI is InChI=1S/C32H30N6O3S/c39-31(36-30-35-29(42-37-30)25-14-16-27(17-15-25)34-32(40)41)38(21-18-26-13-7-8-20-33-26)22-19-28(23-9-3-1-4-10-23)24-11-5-2-6-12-24/h1-17,20,28,34H,18-19,21-22H2,(H,40,41)(H,36,37,39). The fourth-order valence-electron chi connectivity index (χ4n) is 4.68. The van der Waals surface area contributed by atoms with Gasteiger partial charge in [-0.2, -0.15) is 9.36 Å². The molecule has 0 fully saturated rings. The third-order valence-corrected chi connectivity index (χ3v) is 7.53. The molecule has 0 saturated carbocycles. The Labute approximate surface area is 248 Å². The van der Waals surface area contributed by atoms with Crippen molar-refractivity contribution in [2.24, 2.45) is 0 Å². The minimum atomic E-state index is -1.13. The third-order valence-electron chi connectivity index (χ3n) is 6.77. The maximum absolute atomic E-state index is 13.6. The summed E-state index contributed by atoms with van der Waals surface area (Å²) in [7, 11) is 0. The van der Waals surface area contributed by atoms with Gasteiger partial charge in [0.1, 0.15) is 5.01 Å². The number of benzene rings is 3. The summed E-state index contributed by atoms with van der Waals surface area (Å²) in [6, 6.07) is 33.0. The number of hydrogen-bond acceptors (Lipinski definition) is 6. The van der Waals surface area contributed by atoms with Gasteiger partial charge in [-0.1, -0.05) is 66.7 Å². The smallest absolute Gasteiger partial charge is 0.409 e.